The molecular formula is C17H23N3O. The fraction of sp³-hybridized carbons (Fsp3) is 0.471. The van der Waals surface area contributed by atoms with Crippen molar-refractivity contribution < 1.29 is 4.74 Å². The largest absolute Gasteiger partial charge is 0.477 e. The zero-order chi connectivity index (χ0) is 14.8. The zero-order valence-corrected chi connectivity index (χ0v) is 13.1. The highest BCUT2D eigenvalue weighted by molar-refractivity contribution is 6.03. The number of benzene rings is 1. The molecule has 112 valence electrons. The average Bonchev–Trinajstić information content (AvgIpc) is 3.13. The summed E-state index contributed by atoms with van der Waals surface area (Å²) in [6, 6.07) is 8.53. The predicted octanol–water partition coefficient (Wildman–Crippen LogP) is 3.14. The van der Waals surface area contributed by atoms with E-state index in [4.69, 9.17) is 9.84 Å². The molecule has 0 aliphatic carbocycles. The number of hydrazone groups is 1. The van der Waals surface area contributed by atoms with Gasteiger partial charge in [-0.05, 0) is 32.4 Å². The minimum atomic E-state index is 0.786. The van der Waals surface area contributed by atoms with Gasteiger partial charge in [0.25, 0.3) is 0 Å². The van der Waals surface area contributed by atoms with Gasteiger partial charge in [0.15, 0.2) is 5.88 Å². The Balaban J connectivity index is 1.91. The molecule has 4 nitrogen and oxygen atoms in total. The number of anilines is 1. The van der Waals surface area contributed by atoms with Gasteiger partial charge in [-0.1, -0.05) is 24.6 Å². The number of rotatable bonds is 3. The van der Waals surface area contributed by atoms with Crippen LogP contribution >= 0.6 is 0 Å². The summed E-state index contributed by atoms with van der Waals surface area (Å²) in [6.45, 7) is 9.99. The fourth-order valence-corrected chi connectivity index (χ4v) is 2.85. The third-order valence-corrected chi connectivity index (χ3v) is 4.09. The molecule has 0 bridgehead atoms. The zero-order valence-electron chi connectivity index (χ0n) is 13.1. The second-order valence-electron chi connectivity index (χ2n) is 5.51. The molecule has 4 heteroatoms. The van der Waals surface area contributed by atoms with E-state index in [2.05, 4.69) is 54.9 Å². The first-order valence-corrected chi connectivity index (χ1v) is 7.75. The Bertz CT molecular complexity index is 574. The molecule has 0 saturated carbocycles. The molecule has 0 atom stereocenters. The molecule has 0 amide bonds. The molecule has 1 aromatic carbocycles. The highest BCUT2D eigenvalue weighted by Gasteiger charge is 2.29. The Labute approximate surface area is 126 Å². The predicted molar refractivity (Wildman–Crippen MR) is 86.5 cm³/mol. The molecule has 2 aliphatic heterocycles. The van der Waals surface area contributed by atoms with Crippen molar-refractivity contribution in [1.29, 1.82) is 0 Å². The quantitative estimate of drug-likeness (QED) is 0.854. The molecule has 21 heavy (non-hydrogen) atoms. The van der Waals surface area contributed by atoms with Crippen LogP contribution in [0.5, 0.6) is 0 Å². The topological polar surface area (TPSA) is 28.1 Å². The third-order valence-electron chi connectivity index (χ3n) is 4.09. The number of ether oxygens (including phenoxy) is 1. The maximum atomic E-state index is 5.87. The van der Waals surface area contributed by atoms with Crippen molar-refractivity contribution in [2.75, 3.05) is 31.3 Å². The molecule has 0 radical (unpaired) electrons. The number of aryl methyl sites for hydroxylation is 1. The first kappa shape index (κ1) is 14.0. The lowest BCUT2D eigenvalue weighted by Crippen LogP contribution is -2.22. The summed E-state index contributed by atoms with van der Waals surface area (Å²) in [4.78, 5) is 2.30. The average molecular weight is 285 g/mol. The van der Waals surface area contributed by atoms with Crippen LogP contribution in [0.15, 0.2) is 40.8 Å². The molecule has 1 fully saturated rings. The van der Waals surface area contributed by atoms with Crippen molar-refractivity contribution in [3.05, 3.63) is 41.3 Å². The van der Waals surface area contributed by atoms with E-state index in [-0.39, 0.29) is 0 Å². The smallest absolute Gasteiger partial charge is 0.196 e. The Hall–Kier alpha value is -1.97. The molecule has 0 N–H and O–H groups in total. The van der Waals surface area contributed by atoms with E-state index in [0.717, 1.165) is 49.9 Å². The van der Waals surface area contributed by atoms with E-state index in [9.17, 15) is 0 Å². The number of hydrogen-bond acceptors (Lipinski definition) is 4. The standard InChI is InChI=1S/C17H23N3O/c1-4-16-15(17-19(5-2)10-11-21-17)12-20(18-16)14-8-6-13(3)7-9-14/h6-9H,4-5,10-12H2,1-3H3/b17-15-. The Morgan fingerprint density at radius 3 is 2.62 bits per heavy atom. The number of hydrogen-bond donors (Lipinski definition) is 0. The SMILES string of the molecule is CCC1=NN(c2ccc(C)cc2)C/C1=C1/OCCN1CC. The van der Waals surface area contributed by atoms with Crippen LogP contribution in [0.2, 0.25) is 0 Å². The lowest BCUT2D eigenvalue weighted by atomic mass is 10.1. The summed E-state index contributed by atoms with van der Waals surface area (Å²) >= 11 is 0. The van der Waals surface area contributed by atoms with Crippen molar-refractivity contribution in [2.24, 2.45) is 5.10 Å². The van der Waals surface area contributed by atoms with Gasteiger partial charge in [-0.15, -0.1) is 0 Å². The molecule has 0 aromatic heterocycles. The van der Waals surface area contributed by atoms with Crippen molar-refractivity contribution >= 4 is 11.4 Å². The molecule has 3 rings (SSSR count). The highest BCUT2D eigenvalue weighted by atomic mass is 16.5. The van der Waals surface area contributed by atoms with E-state index < -0.39 is 0 Å². The van der Waals surface area contributed by atoms with Crippen molar-refractivity contribution in [3.63, 3.8) is 0 Å². The molecule has 2 aliphatic rings. The van der Waals surface area contributed by atoms with Crippen LogP contribution in [-0.2, 0) is 4.74 Å². The van der Waals surface area contributed by atoms with Crippen LogP contribution in [0.4, 0.5) is 5.69 Å². The van der Waals surface area contributed by atoms with Crippen molar-refractivity contribution in [1.82, 2.24) is 4.90 Å². The summed E-state index contributed by atoms with van der Waals surface area (Å²) in [5.74, 6) is 1.03. The van der Waals surface area contributed by atoms with Crippen LogP contribution in [0.1, 0.15) is 25.8 Å². The normalized spacial score (nSPS) is 21.8. The minimum Gasteiger partial charge on any atom is -0.477 e. The van der Waals surface area contributed by atoms with Gasteiger partial charge in [-0.2, -0.15) is 5.10 Å². The van der Waals surface area contributed by atoms with Gasteiger partial charge in [0.05, 0.1) is 30.1 Å². The van der Waals surface area contributed by atoms with Crippen LogP contribution in [0, 0.1) is 6.92 Å². The summed E-state index contributed by atoms with van der Waals surface area (Å²) < 4.78 is 5.87. The lowest BCUT2D eigenvalue weighted by Gasteiger charge is -2.18. The van der Waals surface area contributed by atoms with Gasteiger partial charge in [-0.3, -0.25) is 5.01 Å². The second-order valence-corrected chi connectivity index (χ2v) is 5.51. The number of nitrogens with zero attached hydrogens (tertiary/aromatic N) is 3. The molecule has 0 unspecified atom stereocenters. The minimum absolute atomic E-state index is 0.786. The van der Waals surface area contributed by atoms with Gasteiger partial charge >= 0.3 is 0 Å². The van der Waals surface area contributed by atoms with Crippen LogP contribution in [0.3, 0.4) is 0 Å². The van der Waals surface area contributed by atoms with Crippen molar-refractivity contribution in [2.45, 2.75) is 27.2 Å². The Morgan fingerprint density at radius 1 is 1.19 bits per heavy atom. The molecule has 1 saturated heterocycles. The summed E-state index contributed by atoms with van der Waals surface area (Å²) in [7, 11) is 0. The second kappa shape index (κ2) is 5.80. The van der Waals surface area contributed by atoms with Crippen molar-refractivity contribution in [3.8, 4) is 0 Å². The number of likely N-dealkylation sites (N-methyl/N-ethyl adjacent to an activating group) is 1. The van der Waals surface area contributed by atoms with Gasteiger partial charge in [0.2, 0.25) is 0 Å². The fourth-order valence-electron chi connectivity index (χ4n) is 2.85. The van der Waals surface area contributed by atoms with E-state index in [1.54, 1.807) is 0 Å². The third kappa shape index (κ3) is 2.62. The molecule has 0 spiro atoms. The highest BCUT2D eigenvalue weighted by Crippen LogP contribution is 2.28. The lowest BCUT2D eigenvalue weighted by molar-refractivity contribution is 0.234. The maximum absolute atomic E-state index is 5.87. The summed E-state index contributed by atoms with van der Waals surface area (Å²) in [5.41, 5.74) is 4.80. The molecule has 2 heterocycles. The first-order chi connectivity index (χ1) is 10.2. The Kier molecular flexibility index (Phi) is 3.86. The van der Waals surface area contributed by atoms with Gasteiger partial charge in [0, 0.05) is 6.54 Å². The monoisotopic (exact) mass is 285 g/mol. The van der Waals surface area contributed by atoms with E-state index in [0.29, 0.717) is 0 Å². The van der Waals surface area contributed by atoms with E-state index in [1.807, 2.05) is 0 Å². The van der Waals surface area contributed by atoms with Gasteiger partial charge in [0.1, 0.15) is 6.61 Å². The van der Waals surface area contributed by atoms with Gasteiger partial charge in [-0.25, -0.2) is 0 Å². The van der Waals surface area contributed by atoms with Crippen LogP contribution < -0.4 is 5.01 Å². The molecular weight excluding hydrogens is 262 g/mol. The maximum Gasteiger partial charge on any atom is 0.196 e. The Morgan fingerprint density at radius 2 is 1.95 bits per heavy atom. The van der Waals surface area contributed by atoms with E-state index >= 15 is 0 Å². The summed E-state index contributed by atoms with van der Waals surface area (Å²) in [5, 5.41) is 6.87. The van der Waals surface area contributed by atoms with E-state index in [1.165, 1.54) is 11.1 Å². The van der Waals surface area contributed by atoms with Crippen LogP contribution in [-0.4, -0.2) is 36.9 Å². The van der Waals surface area contributed by atoms with Gasteiger partial charge < -0.3 is 9.64 Å². The first-order valence-electron chi connectivity index (χ1n) is 7.75. The van der Waals surface area contributed by atoms with Crippen LogP contribution in [0.25, 0.3) is 0 Å². The summed E-state index contributed by atoms with van der Waals surface area (Å²) in [6.07, 6.45) is 0.933. The molecule has 1 aromatic rings.